The van der Waals surface area contributed by atoms with Crippen LogP contribution in [0.1, 0.15) is 12.8 Å². The summed E-state index contributed by atoms with van der Waals surface area (Å²) < 4.78 is 40.6. The zero-order valence-corrected chi connectivity index (χ0v) is 15.1. The molecule has 0 aliphatic carbocycles. The van der Waals surface area contributed by atoms with E-state index in [0.717, 1.165) is 0 Å². The van der Waals surface area contributed by atoms with E-state index in [4.69, 9.17) is 5.11 Å². The second kappa shape index (κ2) is 9.05. The molecule has 11 heteroatoms. The van der Waals surface area contributed by atoms with Crippen molar-refractivity contribution in [2.45, 2.75) is 25.1 Å². The minimum atomic E-state index is -4.80. The quantitative estimate of drug-likeness (QED) is 0.777. The average molecular weight is 410 g/mol. The van der Waals surface area contributed by atoms with E-state index in [1.54, 1.807) is 0 Å². The SMILES string of the molecule is CN(CCC(=O)O)CC(=O)N1c2ccccc2NC(=O)CC1C(F)(F)F.Cl. The standard InChI is InChI=1S/C16H18F3N3O4.ClH/c1-21(7-6-15(25)26)9-14(24)22-11-5-3-2-4-10(11)20-13(23)8-12(22)16(17,18)19;/h2-5,12H,6-9H2,1H3,(H,20,23)(H,25,26);1H. The summed E-state index contributed by atoms with van der Waals surface area (Å²) in [6.07, 6.45) is -5.96. The van der Waals surface area contributed by atoms with Crippen LogP contribution in [0.15, 0.2) is 24.3 Å². The number of alkyl halides is 3. The maximum atomic E-state index is 13.5. The van der Waals surface area contributed by atoms with Gasteiger partial charge in [0.25, 0.3) is 0 Å². The predicted molar refractivity (Wildman–Crippen MR) is 94.0 cm³/mol. The number of amides is 2. The maximum absolute atomic E-state index is 13.5. The van der Waals surface area contributed by atoms with Gasteiger partial charge in [-0.05, 0) is 19.2 Å². The number of nitrogens with zero attached hydrogens (tertiary/aromatic N) is 2. The second-order valence-corrected chi connectivity index (χ2v) is 5.97. The van der Waals surface area contributed by atoms with Crippen molar-refractivity contribution in [3.63, 3.8) is 0 Å². The first-order valence-corrected chi connectivity index (χ1v) is 7.77. The van der Waals surface area contributed by atoms with E-state index in [-0.39, 0.29) is 36.7 Å². The zero-order valence-electron chi connectivity index (χ0n) is 14.3. The molecule has 1 aromatic rings. The highest BCUT2D eigenvalue weighted by Crippen LogP contribution is 2.37. The number of carbonyl (C=O) groups excluding carboxylic acids is 2. The Balaban J connectivity index is 0.00000364. The van der Waals surface area contributed by atoms with Crippen LogP contribution in [0.2, 0.25) is 0 Å². The molecule has 1 aliphatic heterocycles. The lowest BCUT2D eigenvalue weighted by Crippen LogP contribution is -2.52. The Morgan fingerprint density at radius 3 is 2.56 bits per heavy atom. The van der Waals surface area contributed by atoms with Crippen LogP contribution in [0.3, 0.4) is 0 Å². The molecule has 1 heterocycles. The Kier molecular flexibility index (Phi) is 7.61. The summed E-state index contributed by atoms with van der Waals surface area (Å²) in [5.74, 6) is -2.79. The number of hydrogen-bond acceptors (Lipinski definition) is 4. The molecule has 1 aromatic carbocycles. The molecule has 0 aromatic heterocycles. The normalized spacial score (nSPS) is 16.9. The number of carboxylic acids is 1. The van der Waals surface area contributed by atoms with Gasteiger partial charge in [-0.15, -0.1) is 12.4 Å². The van der Waals surface area contributed by atoms with E-state index in [9.17, 15) is 27.6 Å². The van der Waals surface area contributed by atoms with Crippen LogP contribution in [-0.2, 0) is 14.4 Å². The largest absolute Gasteiger partial charge is 0.481 e. The molecule has 2 rings (SSSR count). The molecule has 0 spiro atoms. The Morgan fingerprint density at radius 1 is 1.33 bits per heavy atom. The lowest BCUT2D eigenvalue weighted by molar-refractivity contribution is -0.158. The summed E-state index contributed by atoms with van der Waals surface area (Å²) in [6.45, 7) is -0.410. The molecule has 0 bridgehead atoms. The molecule has 1 aliphatic rings. The van der Waals surface area contributed by atoms with E-state index < -0.39 is 43.0 Å². The van der Waals surface area contributed by atoms with Crippen LogP contribution < -0.4 is 10.2 Å². The zero-order chi connectivity index (χ0) is 19.5. The number of rotatable bonds is 5. The van der Waals surface area contributed by atoms with Crippen LogP contribution in [-0.4, -0.2) is 60.1 Å². The van der Waals surface area contributed by atoms with Crippen LogP contribution in [0.25, 0.3) is 0 Å². The number of halogens is 4. The fraction of sp³-hybridized carbons (Fsp3) is 0.438. The van der Waals surface area contributed by atoms with Crippen LogP contribution in [0.5, 0.6) is 0 Å². The van der Waals surface area contributed by atoms with Crippen molar-refractivity contribution < 1.29 is 32.7 Å². The third-order valence-corrected chi connectivity index (χ3v) is 3.89. The van der Waals surface area contributed by atoms with Gasteiger partial charge in [-0.1, -0.05) is 12.1 Å². The maximum Gasteiger partial charge on any atom is 0.409 e. The number of carboxylic acid groups (broad SMARTS) is 1. The predicted octanol–water partition coefficient (Wildman–Crippen LogP) is 2.12. The summed E-state index contributed by atoms with van der Waals surface area (Å²) in [5.41, 5.74) is 0.0723. The van der Waals surface area contributed by atoms with Gasteiger partial charge in [-0.3, -0.25) is 24.2 Å². The lowest BCUT2D eigenvalue weighted by Gasteiger charge is -2.32. The molecule has 150 valence electrons. The van der Waals surface area contributed by atoms with E-state index in [1.165, 1.54) is 36.2 Å². The topological polar surface area (TPSA) is 90.0 Å². The Hall–Kier alpha value is -2.33. The fourth-order valence-corrected chi connectivity index (χ4v) is 2.67. The van der Waals surface area contributed by atoms with Crippen LogP contribution in [0, 0.1) is 0 Å². The van der Waals surface area contributed by atoms with E-state index >= 15 is 0 Å². The summed E-state index contributed by atoms with van der Waals surface area (Å²) in [6, 6.07) is 3.45. The molecular weight excluding hydrogens is 391 g/mol. The van der Waals surface area contributed by atoms with Gasteiger partial charge in [0.1, 0.15) is 6.04 Å². The number of carbonyl (C=O) groups is 3. The van der Waals surface area contributed by atoms with Crippen molar-refractivity contribution in [1.29, 1.82) is 0 Å². The van der Waals surface area contributed by atoms with Gasteiger partial charge in [0.15, 0.2) is 0 Å². The summed E-state index contributed by atoms with van der Waals surface area (Å²) in [7, 11) is 1.44. The number of likely N-dealkylation sites (N-methyl/N-ethyl adjacent to an activating group) is 1. The Bertz CT molecular complexity index is 714. The lowest BCUT2D eigenvalue weighted by atomic mass is 10.1. The van der Waals surface area contributed by atoms with Crippen LogP contribution >= 0.6 is 12.4 Å². The molecule has 0 saturated heterocycles. The first-order valence-electron chi connectivity index (χ1n) is 7.77. The van der Waals surface area contributed by atoms with Crippen molar-refractivity contribution in [1.82, 2.24) is 4.90 Å². The van der Waals surface area contributed by atoms with Crippen LogP contribution in [0.4, 0.5) is 24.5 Å². The highest BCUT2D eigenvalue weighted by Gasteiger charge is 2.49. The van der Waals surface area contributed by atoms with Gasteiger partial charge in [-0.25, -0.2) is 0 Å². The Labute approximate surface area is 159 Å². The van der Waals surface area contributed by atoms with E-state index in [1.807, 2.05) is 0 Å². The van der Waals surface area contributed by atoms with Gasteiger partial charge < -0.3 is 10.4 Å². The summed E-state index contributed by atoms with van der Waals surface area (Å²) in [5, 5.41) is 11.1. The minimum absolute atomic E-state index is 0. The number of hydrogen-bond donors (Lipinski definition) is 2. The van der Waals surface area contributed by atoms with Gasteiger partial charge in [0.05, 0.1) is 30.8 Å². The molecule has 27 heavy (non-hydrogen) atoms. The van der Waals surface area contributed by atoms with E-state index in [0.29, 0.717) is 4.90 Å². The molecule has 2 amide bonds. The molecule has 1 unspecified atom stereocenters. The number of anilines is 2. The van der Waals surface area contributed by atoms with Gasteiger partial charge >= 0.3 is 12.1 Å². The van der Waals surface area contributed by atoms with Crippen molar-refractivity contribution in [2.75, 3.05) is 30.4 Å². The molecule has 0 saturated carbocycles. The number of nitrogens with one attached hydrogen (secondary N) is 1. The average Bonchev–Trinajstić information content (AvgIpc) is 2.68. The molecule has 0 radical (unpaired) electrons. The number of fused-ring (bicyclic) bond motifs is 1. The Morgan fingerprint density at radius 2 is 1.96 bits per heavy atom. The number of benzene rings is 1. The van der Waals surface area contributed by atoms with Gasteiger partial charge in [0, 0.05) is 6.54 Å². The van der Waals surface area contributed by atoms with Crippen molar-refractivity contribution >= 4 is 41.6 Å². The first-order chi connectivity index (χ1) is 12.1. The van der Waals surface area contributed by atoms with Crippen molar-refractivity contribution in [2.24, 2.45) is 0 Å². The summed E-state index contributed by atoms with van der Waals surface area (Å²) >= 11 is 0. The third-order valence-electron chi connectivity index (χ3n) is 3.89. The fourth-order valence-electron chi connectivity index (χ4n) is 2.67. The second-order valence-electron chi connectivity index (χ2n) is 5.97. The molecule has 1 atom stereocenters. The minimum Gasteiger partial charge on any atom is -0.481 e. The van der Waals surface area contributed by atoms with Crippen molar-refractivity contribution in [3.05, 3.63) is 24.3 Å². The molecule has 2 N–H and O–H groups in total. The molecule has 0 fully saturated rings. The summed E-state index contributed by atoms with van der Waals surface area (Å²) in [4.78, 5) is 37.0. The van der Waals surface area contributed by atoms with Gasteiger partial charge in [0.2, 0.25) is 11.8 Å². The van der Waals surface area contributed by atoms with E-state index in [2.05, 4.69) is 5.32 Å². The number of para-hydroxylation sites is 2. The molecular formula is C16H19ClF3N3O4. The smallest absolute Gasteiger partial charge is 0.409 e. The highest BCUT2D eigenvalue weighted by molar-refractivity contribution is 6.05. The highest BCUT2D eigenvalue weighted by atomic mass is 35.5. The monoisotopic (exact) mass is 409 g/mol. The third kappa shape index (κ3) is 5.83. The first kappa shape index (κ1) is 22.7. The molecule has 7 nitrogen and oxygen atoms in total. The van der Waals surface area contributed by atoms with Gasteiger partial charge in [-0.2, -0.15) is 13.2 Å². The van der Waals surface area contributed by atoms with Crippen molar-refractivity contribution in [3.8, 4) is 0 Å². The number of aliphatic carboxylic acids is 1.